The molecule has 1 atom stereocenters. The molecule has 1 aromatic heterocycles. The first-order valence-electron chi connectivity index (χ1n) is 5.63. The molecule has 106 valence electrons. The van der Waals surface area contributed by atoms with Crippen LogP contribution in [-0.2, 0) is 6.18 Å². The second kappa shape index (κ2) is 6.45. The zero-order chi connectivity index (χ0) is 13.9. The van der Waals surface area contributed by atoms with E-state index in [4.69, 9.17) is 11.6 Å². The van der Waals surface area contributed by atoms with Crippen LogP contribution >= 0.6 is 35.1 Å². The quantitative estimate of drug-likeness (QED) is 0.847. The molecule has 0 bridgehead atoms. The Morgan fingerprint density at radius 2 is 2.16 bits per heavy atom. The fraction of sp³-hybridized carbons (Fsp3) is 0.545. The van der Waals surface area contributed by atoms with E-state index in [0.717, 1.165) is 29.4 Å². The molecular formula is C11H12ClF3N2S2. The van der Waals surface area contributed by atoms with Gasteiger partial charge in [0.05, 0.1) is 5.56 Å². The summed E-state index contributed by atoms with van der Waals surface area (Å²) >= 11 is 9.31. The molecule has 1 aromatic rings. The van der Waals surface area contributed by atoms with E-state index in [1.165, 1.54) is 0 Å². The Morgan fingerprint density at radius 1 is 1.37 bits per heavy atom. The zero-order valence-corrected chi connectivity index (χ0v) is 12.2. The molecule has 0 aliphatic carbocycles. The predicted molar refractivity (Wildman–Crippen MR) is 76.3 cm³/mol. The highest BCUT2D eigenvalue weighted by Crippen LogP contribution is 2.32. The average molecular weight is 329 g/mol. The van der Waals surface area contributed by atoms with E-state index in [1.807, 2.05) is 23.5 Å². The molecule has 0 saturated carbocycles. The van der Waals surface area contributed by atoms with Crippen molar-refractivity contribution in [1.82, 2.24) is 4.98 Å². The van der Waals surface area contributed by atoms with E-state index in [2.05, 4.69) is 10.3 Å². The van der Waals surface area contributed by atoms with Crippen LogP contribution in [0.5, 0.6) is 0 Å². The summed E-state index contributed by atoms with van der Waals surface area (Å²) < 4.78 is 37.9. The number of hydrogen-bond acceptors (Lipinski definition) is 4. The first-order valence-corrected chi connectivity index (χ1v) is 8.21. The number of hydrogen-bond donors (Lipinski definition) is 1. The molecular weight excluding hydrogens is 317 g/mol. The number of aromatic nitrogens is 1. The normalized spacial score (nSPS) is 20.3. The van der Waals surface area contributed by atoms with Crippen molar-refractivity contribution in [3.8, 4) is 0 Å². The molecule has 2 nitrogen and oxygen atoms in total. The first kappa shape index (κ1) is 15.1. The van der Waals surface area contributed by atoms with E-state index >= 15 is 0 Å². The summed E-state index contributed by atoms with van der Waals surface area (Å²) in [6.45, 7) is 0.600. The highest BCUT2D eigenvalue weighted by molar-refractivity contribution is 8.06. The number of rotatable bonds is 3. The third kappa shape index (κ3) is 4.65. The number of nitrogens with one attached hydrogen (secondary N) is 1. The van der Waals surface area contributed by atoms with Crippen LogP contribution in [0.25, 0.3) is 0 Å². The topological polar surface area (TPSA) is 24.9 Å². The number of nitrogens with zero attached hydrogens (tertiary/aromatic N) is 1. The van der Waals surface area contributed by atoms with Gasteiger partial charge in [-0.25, -0.2) is 4.98 Å². The SMILES string of the molecule is FC(F)(F)c1cc(Cl)nc(NCC2CSCCS2)c1. The lowest BCUT2D eigenvalue weighted by Gasteiger charge is -2.21. The Morgan fingerprint density at radius 3 is 2.79 bits per heavy atom. The number of anilines is 1. The predicted octanol–water partition coefficient (Wildman–Crippen LogP) is 4.01. The van der Waals surface area contributed by atoms with Gasteiger partial charge in [0.2, 0.25) is 0 Å². The molecule has 19 heavy (non-hydrogen) atoms. The van der Waals surface area contributed by atoms with Crippen molar-refractivity contribution in [1.29, 1.82) is 0 Å². The van der Waals surface area contributed by atoms with Gasteiger partial charge in [0.1, 0.15) is 11.0 Å². The van der Waals surface area contributed by atoms with Crippen LogP contribution in [0.1, 0.15) is 5.56 Å². The molecule has 0 aromatic carbocycles. The lowest BCUT2D eigenvalue weighted by Crippen LogP contribution is -2.23. The largest absolute Gasteiger partial charge is 0.416 e. The Hall–Kier alpha value is -0.270. The molecule has 1 fully saturated rings. The standard InChI is InChI=1S/C11H12ClF3N2S2/c12-9-3-7(11(13,14)15)4-10(17-9)16-5-8-6-18-1-2-19-8/h3-4,8H,1-2,5-6H2,(H,16,17). The van der Waals surface area contributed by atoms with E-state index in [9.17, 15) is 13.2 Å². The Balaban J connectivity index is 2.01. The third-order valence-corrected chi connectivity index (χ3v) is 5.56. The van der Waals surface area contributed by atoms with Crippen LogP contribution in [0.2, 0.25) is 5.15 Å². The number of thioether (sulfide) groups is 2. The van der Waals surface area contributed by atoms with Gasteiger partial charge in [-0.05, 0) is 12.1 Å². The van der Waals surface area contributed by atoms with Crippen LogP contribution in [-0.4, -0.2) is 34.0 Å². The van der Waals surface area contributed by atoms with Gasteiger partial charge < -0.3 is 5.32 Å². The highest BCUT2D eigenvalue weighted by atomic mass is 35.5. The molecule has 0 amide bonds. The maximum Gasteiger partial charge on any atom is 0.416 e. The second-order valence-corrected chi connectivity index (χ2v) is 6.96. The minimum absolute atomic E-state index is 0.150. The minimum atomic E-state index is -4.40. The lowest BCUT2D eigenvalue weighted by molar-refractivity contribution is -0.137. The summed E-state index contributed by atoms with van der Waals surface area (Å²) in [7, 11) is 0. The lowest BCUT2D eigenvalue weighted by atomic mass is 10.2. The van der Waals surface area contributed by atoms with Crippen molar-refractivity contribution >= 4 is 40.9 Å². The zero-order valence-electron chi connectivity index (χ0n) is 9.84. The third-order valence-electron chi connectivity index (χ3n) is 2.52. The van der Waals surface area contributed by atoms with Gasteiger partial charge in [-0.1, -0.05) is 11.6 Å². The fourth-order valence-corrected chi connectivity index (χ4v) is 4.44. The van der Waals surface area contributed by atoms with Crippen molar-refractivity contribution in [3.63, 3.8) is 0 Å². The smallest absolute Gasteiger partial charge is 0.369 e. The molecule has 1 N–H and O–H groups in total. The van der Waals surface area contributed by atoms with Gasteiger partial charge in [-0.2, -0.15) is 36.7 Å². The van der Waals surface area contributed by atoms with Crippen molar-refractivity contribution in [2.24, 2.45) is 0 Å². The molecule has 1 unspecified atom stereocenters. The van der Waals surface area contributed by atoms with Crippen LogP contribution in [0.3, 0.4) is 0 Å². The van der Waals surface area contributed by atoms with Crippen molar-refractivity contribution in [2.75, 3.05) is 29.1 Å². The summed E-state index contributed by atoms with van der Waals surface area (Å²) in [5.41, 5.74) is -0.777. The van der Waals surface area contributed by atoms with Crippen molar-refractivity contribution < 1.29 is 13.2 Å². The van der Waals surface area contributed by atoms with Crippen LogP contribution in [0.4, 0.5) is 19.0 Å². The minimum Gasteiger partial charge on any atom is -0.369 e. The fourth-order valence-electron chi connectivity index (χ4n) is 1.62. The molecule has 0 spiro atoms. The van der Waals surface area contributed by atoms with Gasteiger partial charge in [0.15, 0.2) is 0 Å². The summed E-state index contributed by atoms with van der Waals surface area (Å²) in [6, 6.07) is 1.82. The molecule has 1 aliphatic rings. The van der Waals surface area contributed by atoms with Crippen molar-refractivity contribution in [2.45, 2.75) is 11.4 Å². The molecule has 8 heteroatoms. The Bertz CT molecular complexity index is 436. The maximum atomic E-state index is 12.6. The second-order valence-electron chi connectivity index (χ2n) is 4.01. The maximum absolute atomic E-state index is 12.6. The van der Waals surface area contributed by atoms with E-state index < -0.39 is 11.7 Å². The van der Waals surface area contributed by atoms with Gasteiger partial charge in [0, 0.05) is 29.1 Å². The first-order chi connectivity index (χ1) is 8.95. The highest BCUT2D eigenvalue weighted by Gasteiger charge is 2.31. The van der Waals surface area contributed by atoms with Crippen molar-refractivity contribution in [3.05, 3.63) is 22.8 Å². The Labute approximate surface area is 122 Å². The van der Waals surface area contributed by atoms with E-state index in [0.29, 0.717) is 11.8 Å². The summed E-state index contributed by atoms with van der Waals surface area (Å²) in [6.07, 6.45) is -4.40. The number of pyridine rings is 1. The Kier molecular flexibility index (Phi) is 5.14. The monoisotopic (exact) mass is 328 g/mol. The van der Waals surface area contributed by atoms with Gasteiger partial charge >= 0.3 is 6.18 Å². The van der Waals surface area contributed by atoms with Crippen LogP contribution < -0.4 is 5.32 Å². The number of halogens is 4. The molecule has 2 rings (SSSR count). The molecule has 1 saturated heterocycles. The average Bonchev–Trinajstić information content (AvgIpc) is 2.36. The molecule has 1 aliphatic heterocycles. The summed E-state index contributed by atoms with van der Waals surface area (Å²) in [4.78, 5) is 3.87. The van der Waals surface area contributed by atoms with Gasteiger partial charge in [-0.15, -0.1) is 0 Å². The summed E-state index contributed by atoms with van der Waals surface area (Å²) in [5, 5.41) is 3.19. The number of alkyl halides is 3. The van der Waals surface area contributed by atoms with Gasteiger partial charge in [0.25, 0.3) is 0 Å². The van der Waals surface area contributed by atoms with Crippen LogP contribution in [0, 0.1) is 0 Å². The van der Waals surface area contributed by atoms with Crippen LogP contribution in [0.15, 0.2) is 12.1 Å². The molecule has 2 heterocycles. The van der Waals surface area contributed by atoms with E-state index in [-0.39, 0.29) is 11.0 Å². The van der Waals surface area contributed by atoms with E-state index in [1.54, 1.807) is 0 Å². The molecule has 0 radical (unpaired) electrons. The van der Waals surface area contributed by atoms with Gasteiger partial charge in [-0.3, -0.25) is 0 Å². The summed E-state index contributed by atoms with van der Waals surface area (Å²) in [5.74, 6) is 3.39.